The highest BCUT2D eigenvalue weighted by Crippen LogP contribution is 2.26. The Morgan fingerprint density at radius 3 is 2.88 bits per heavy atom. The monoisotopic (exact) mass is 232 g/mol. The van der Waals surface area contributed by atoms with Crippen LogP contribution in [0.25, 0.3) is 0 Å². The van der Waals surface area contributed by atoms with E-state index in [4.69, 9.17) is 4.74 Å². The van der Waals surface area contributed by atoms with E-state index in [0.29, 0.717) is 12.3 Å². The van der Waals surface area contributed by atoms with Gasteiger partial charge in [0.25, 0.3) is 0 Å². The molecule has 17 heavy (non-hydrogen) atoms. The maximum atomic E-state index is 11.7. The number of hydrogen-bond acceptors (Lipinski definition) is 4. The van der Waals surface area contributed by atoms with E-state index >= 15 is 0 Å². The van der Waals surface area contributed by atoms with Crippen LogP contribution < -0.4 is 0 Å². The van der Waals surface area contributed by atoms with Crippen LogP contribution in [-0.2, 0) is 11.2 Å². The number of aryl methyl sites for hydroxylation is 1. The zero-order valence-electron chi connectivity index (χ0n) is 9.82. The Morgan fingerprint density at radius 2 is 2.06 bits per heavy atom. The van der Waals surface area contributed by atoms with Crippen LogP contribution >= 0.6 is 0 Å². The standard InChI is InChI=1S/C13H16N2O2/c16-12-3-1-2-11-10(12)8-14-13(15-11)9-4-6-17-7-5-9/h8-9H,1-7H2. The van der Waals surface area contributed by atoms with Crippen LogP contribution in [0.15, 0.2) is 6.20 Å². The minimum absolute atomic E-state index is 0.199. The summed E-state index contributed by atoms with van der Waals surface area (Å²) in [5, 5.41) is 0. The van der Waals surface area contributed by atoms with E-state index in [9.17, 15) is 4.79 Å². The quantitative estimate of drug-likeness (QED) is 0.742. The lowest BCUT2D eigenvalue weighted by molar-refractivity contribution is 0.0834. The Bertz CT molecular complexity index is 439. The van der Waals surface area contributed by atoms with Crippen molar-refractivity contribution < 1.29 is 9.53 Å². The summed E-state index contributed by atoms with van der Waals surface area (Å²) in [6.07, 6.45) is 6.21. The molecule has 3 rings (SSSR count). The van der Waals surface area contributed by atoms with E-state index in [2.05, 4.69) is 9.97 Å². The summed E-state index contributed by atoms with van der Waals surface area (Å²) < 4.78 is 5.34. The van der Waals surface area contributed by atoms with Crippen molar-refractivity contribution in [1.29, 1.82) is 0 Å². The zero-order valence-corrected chi connectivity index (χ0v) is 9.82. The molecule has 1 aromatic heterocycles. The fourth-order valence-electron chi connectivity index (χ4n) is 2.56. The lowest BCUT2D eigenvalue weighted by atomic mass is 9.94. The van der Waals surface area contributed by atoms with Gasteiger partial charge in [0.1, 0.15) is 5.82 Å². The lowest BCUT2D eigenvalue weighted by Gasteiger charge is -2.22. The predicted molar refractivity (Wildman–Crippen MR) is 62.1 cm³/mol. The largest absolute Gasteiger partial charge is 0.381 e. The average Bonchev–Trinajstić information content (AvgIpc) is 2.40. The molecular weight excluding hydrogens is 216 g/mol. The van der Waals surface area contributed by atoms with Gasteiger partial charge in [0, 0.05) is 31.7 Å². The summed E-state index contributed by atoms with van der Waals surface area (Å²) in [6, 6.07) is 0. The molecule has 0 amide bonds. The molecule has 0 atom stereocenters. The van der Waals surface area contributed by atoms with Crippen LogP contribution in [0, 0.1) is 0 Å². The molecule has 90 valence electrons. The van der Waals surface area contributed by atoms with Crippen molar-refractivity contribution in [2.45, 2.75) is 38.0 Å². The first kappa shape index (κ1) is 10.8. The molecule has 0 N–H and O–H groups in total. The molecule has 0 radical (unpaired) electrons. The molecule has 1 aliphatic carbocycles. The van der Waals surface area contributed by atoms with Gasteiger partial charge in [0.15, 0.2) is 5.78 Å². The van der Waals surface area contributed by atoms with Crippen molar-refractivity contribution in [3.05, 3.63) is 23.3 Å². The third kappa shape index (κ3) is 2.09. The van der Waals surface area contributed by atoms with Crippen molar-refractivity contribution in [2.24, 2.45) is 0 Å². The van der Waals surface area contributed by atoms with E-state index in [1.807, 2.05) is 0 Å². The van der Waals surface area contributed by atoms with Crippen LogP contribution in [0.5, 0.6) is 0 Å². The van der Waals surface area contributed by atoms with E-state index in [1.54, 1.807) is 6.20 Å². The molecule has 1 saturated heterocycles. The normalized spacial score (nSPS) is 21.3. The van der Waals surface area contributed by atoms with Gasteiger partial charge >= 0.3 is 0 Å². The van der Waals surface area contributed by atoms with Gasteiger partial charge in [-0.2, -0.15) is 0 Å². The number of ketones is 1. The fourth-order valence-corrected chi connectivity index (χ4v) is 2.56. The molecule has 1 aromatic rings. The van der Waals surface area contributed by atoms with Gasteiger partial charge in [-0.3, -0.25) is 4.79 Å². The van der Waals surface area contributed by atoms with Crippen molar-refractivity contribution in [3.8, 4) is 0 Å². The molecule has 0 aromatic carbocycles. The van der Waals surface area contributed by atoms with Gasteiger partial charge in [0.2, 0.25) is 0 Å². The van der Waals surface area contributed by atoms with Crippen molar-refractivity contribution >= 4 is 5.78 Å². The highest BCUT2D eigenvalue weighted by atomic mass is 16.5. The first-order valence-corrected chi connectivity index (χ1v) is 6.31. The van der Waals surface area contributed by atoms with Gasteiger partial charge in [-0.05, 0) is 25.7 Å². The molecule has 0 bridgehead atoms. The highest BCUT2D eigenvalue weighted by Gasteiger charge is 2.23. The Hall–Kier alpha value is -1.29. The second-order valence-corrected chi connectivity index (χ2v) is 4.75. The molecule has 1 aliphatic heterocycles. The van der Waals surface area contributed by atoms with Crippen LogP contribution in [0.3, 0.4) is 0 Å². The van der Waals surface area contributed by atoms with Crippen LogP contribution in [0.1, 0.15) is 53.5 Å². The second kappa shape index (κ2) is 4.53. The summed E-state index contributed by atoms with van der Waals surface area (Å²) in [6.45, 7) is 1.59. The maximum absolute atomic E-state index is 11.7. The lowest BCUT2D eigenvalue weighted by Crippen LogP contribution is -2.20. The third-order valence-electron chi connectivity index (χ3n) is 3.59. The molecular formula is C13H16N2O2. The van der Waals surface area contributed by atoms with Crippen molar-refractivity contribution in [2.75, 3.05) is 13.2 Å². The Labute approximate surface area is 100 Å². The van der Waals surface area contributed by atoms with E-state index in [0.717, 1.165) is 56.0 Å². The van der Waals surface area contributed by atoms with Gasteiger partial charge in [-0.1, -0.05) is 0 Å². The number of aromatic nitrogens is 2. The van der Waals surface area contributed by atoms with Gasteiger partial charge in [0.05, 0.1) is 11.3 Å². The number of carbonyl (C=O) groups is 1. The Morgan fingerprint density at radius 1 is 1.24 bits per heavy atom. The average molecular weight is 232 g/mol. The van der Waals surface area contributed by atoms with Gasteiger partial charge < -0.3 is 4.74 Å². The summed E-state index contributed by atoms with van der Waals surface area (Å²) in [5.41, 5.74) is 1.70. The fraction of sp³-hybridized carbons (Fsp3) is 0.615. The predicted octanol–water partition coefficient (Wildman–Crippen LogP) is 1.89. The Kier molecular flexibility index (Phi) is 2.89. The van der Waals surface area contributed by atoms with Crippen molar-refractivity contribution in [3.63, 3.8) is 0 Å². The maximum Gasteiger partial charge on any atom is 0.166 e. The number of hydrogen-bond donors (Lipinski definition) is 0. The number of carbonyl (C=O) groups excluding carboxylic acids is 1. The highest BCUT2D eigenvalue weighted by molar-refractivity contribution is 5.97. The molecule has 0 spiro atoms. The van der Waals surface area contributed by atoms with Crippen LogP contribution in [-0.4, -0.2) is 29.0 Å². The molecule has 1 fully saturated rings. The van der Waals surface area contributed by atoms with E-state index in [-0.39, 0.29) is 5.78 Å². The minimum Gasteiger partial charge on any atom is -0.381 e. The molecule has 0 saturated carbocycles. The van der Waals surface area contributed by atoms with Crippen molar-refractivity contribution in [1.82, 2.24) is 9.97 Å². The van der Waals surface area contributed by atoms with Gasteiger partial charge in [-0.25, -0.2) is 9.97 Å². The topological polar surface area (TPSA) is 52.1 Å². The summed E-state index contributed by atoms with van der Waals surface area (Å²) in [7, 11) is 0. The molecule has 0 unspecified atom stereocenters. The van der Waals surface area contributed by atoms with Crippen LogP contribution in [0.4, 0.5) is 0 Å². The Balaban J connectivity index is 1.89. The second-order valence-electron chi connectivity index (χ2n) is 4.75. The molecule has 2 aliphatic rings. The number of nitrogens with zero attached hydrogens (tertiary/aromatic N) is 2. The van der Waals surface area contributed by atoms with Crippen LogP contribution in [0.2, 0.25) is 0 Å². The molecule has 4 heteroatoms. The molecule has 2 heterocycles. The van der Waals surface area contributed by atoms with E-state index in [1.165, 1.54) is 0 Å². The number of ether oxygens (including phenoxy) is 1. The number of fused-ring (bicyclic) bond motifs is 1. The third-order valence-corrected chi connectivity index (χ3v) is 3.59. The zero-order chi connectivity index (χ0) is 11.7. The number of Topliss-reactive ketones (excluding diaryl/α,β-unsaturated/α-hetero) is 1. The molecule has 4 nitrogen and oxygen atoms in total. The summed E-state index contributed by atoms with van der Waals surface area (Å²) in [4.78, 5) is 20.7. The summed E-state index contributed by atoms with van der Waals surface area (Å²) >= 11 is 0. The SMILES string of the molecule is O=C1CCCc2nc(C3CCOCC3)ncc21. The number of rotatable bonds is 1. The van der Waals surface area contributed by atoms with Gasteiger partial charge in [-0.15, -0.1) is 0 Å². The smallest absolute Gasteiger partial charge is 0.166 e. The van der Waals surface area contributed by atoms with E-state index < -0.39 is 0 Å². The first-order chi connectivity index (χ1) is 8.34. The minimum atomic E-state index is 0.199. The summed E-state index contributed by atoms with van der Waals surface area (Å²) in [5.74, 6) is 1.51. The first-order valence-electron chi connectivity index (χ1n) is 6.31.